The van der Waals surface area contributed by atoms with Gasteiger partial charge in [-0.15, -0.1) is 8.78 Å². The molecule has 3 aliphatic rings. The number of carbonyl (C=O) groups excluding carboxylic acids is 1. The van der Waals surface area contributed by atoms with Crippen molar-refractivity contribution in [2.75, 3.05) is 5.32 Å². The highest BCUT2D eigenvalue weighted by molar-refractivity contribution is 6.02. The molecule has 6 rings (SSSR count). The van der Waals surface area contributed by atoms with E-state index in [0.29, 0.717) is 24.2 Å². The maximum absolute atomic E-state index is 13.3. The number of hydrogen-bond acceptors (Lipinski definition) is 4. The van der Waals surface area contributed by atoms with Crippen LogP contribution in [-0.2, 0) is 10.2 Å². The lowest BCUT2D eigenvalue weighted by atomic mass is 9.94. The number of rotatable bonds is 4. The number of H-pyrrole nitrogens is 1. The zero-order chi connectivity index (χ0) is 20.5. The smallest absolute Gasteiger partial charge is 0.395 e. The molecule has 1 amide bonds. The van der Waals surface area contributed by atoms with Crippen LogP contribution >= 0.6 is 0 Å². The van der Waals surface area contributed by atoms with Gasteiger partial charge < -0.3 is 19.8 Å². The Morgan fingerprint density at radius 3 is 2.67 bits per heavy atom. The van der Waals surface area contributed by atoms with Crippen LogP contribution in [0.3, 0.4) is 0 Å². The number of allylic oxidation sites excluding steroid dienone is 4. The minimum absolute atomic E-state index is 0.0354. The zero-order valence-electron chi connectivity index (χ0n) is 15.5. The number of hydrogen-bond donors (Lipinski definition) is 2. The summed E-state index contributed by atoms with van der Waals surface area (Å²) in [6.07, 6.45) is 5.23. The largest absolute Gasteiger partial charge is 0.586 e. The predicted molar refractivity (Wildman–Crippen MR) is 105 cm³/mol. The quantitative estimate of drug-likeness (QED) is 0.667. The van der Waals surface area contributed by atoms with Crippen LogP contribution in [0, 0.1) is 0 Å². The minimum atomic E-state index is -3.68. The van der Waals surface area contributed by atoms with Gasteiger partial charge in [0.25, 0.3) is 0 Å². The van der Waals surface area contributed by atoms with Crippen LogP contribution in [0.5, 0.6) is 11.5 Å². The highest BCUT2D eigenvalue weighted by Crippen LogP contribution is 2.52. The Morgan fingerprint density at radius 1 is 1.13 bits per heavy atom. The number of carbonyl (C=O) groups is 1. The van der Waals surface area contributed by atoms with E-state index in [-0.39, 0.29) is 17.4 Å². The monoisotopic (exact) mass is 407 g/mol. The summed E-state index contributed by atoms with van der Waals surface area (Å²) in [5, 5.41) is 3.81. The molecule has 0 spiro atoms. The molecule has 0 atom stereocenters. The fourth-order valence-electron chi connectivity index (χ4n) is 3.88. The Morgan fingerprint density at radius 2 is 1.93 bits per heavy atom. The molecule has 0 unspecified atom stereocenters. The van der Waals surface area contributed by atoms with Crippen molar-refractivity contribution in [1.82, 2.24) is 9.97 Å². The summed E-state index contributed by atoms with van der Waals surface area (Å²) in [4.78, 5) is 20.7. The first-order chi connectivity index (χ1) is 14.4. The zero-order valence-corrected chi connectivity index (χ0v) is 15.5. The molecule has 1 fully saturated rings. The molecule has 0 bridgehead atoms. The third-order valence-corrected chi connectivity index (χ3v) is 5.75. The molecule has 2 aliphatic carbocycles. The highest BCUT2D eigenvalue weighted by atomic mass is 19.3. The van der Waals surface area contributed by atoms with Crippen LogP contribution in [0.15, 0.2) is 54.8 Å². The molecule has 2 aromatic heterocycles. The van der Waals surface area contributed by atoms with E-state index in [9.17, 15) is 13.6 Å². The van der Waals surface area contributed by atoms with Crippen molar-refractivity contribution in [2.45, 2.75) is 24.6 Å². The lowest BCUT2D eigenvalue weighted by Crippen LogP contribution is -2.28. The Hall–Kier alpha value is -3.68. The number of amides is 1. The Labute approximate surface area is 169 Å². The number of pyridine rings is 1. The second kappa shape index (κ2) is 5.69. The van der Waals surface area contributed by atoms with E-state index in [1.54, 1.807) is 12.3 Å². The molecule has 3 aromatic rings. The first kappa shape index (κ1) is 17.2. The molecule has 0 radical (unpaired) electrons. The van der Waals surface area contributed by atoms with Gasteiger partial charge in [0, 0.05) is 11.1 Å². The van der Waals surface area contributed by atoms with E-state index in [1.165, 1.54) is 12.1 Å². The number of halogens is 2. The topological polar surface area (TPSA) is 76.2 Å². The average Bonchev–Trinajstić information content (AvgIpc) is 3.27. The van der Waals surface area contributed by atoms with Crippen molar-refractivity contribution in [2.24, 2.45) is 0 Å². The number of fused-ring (bicyclic) bond motifs is 2. The first-order valence-corrected chi connectivity index (χ1v) is 9.51. The molecule has 3 heterocycles. The molecular weight excluding hydrogens is 392 g/mol. The Kier molecular flexibility index (Phi) is 3.26. The molecule has 1 aromatic carbocycles. The fraction of sp³-hybridized carbons (Fsp3) is 0.182. The number of benzene rings is 1. The second-order valence-electron chi connectivity index (χ2n) is 7.69. The van der Waals surface area contributed by atoms with Gasteiger partial charge >= 0.3 is 6.29 Å². The van der Waals surface area contributed by atoms with Crippen LogP contribution in [0.4, 0.5) is 14.6 Å². The number of aromatic amines is 1. The van der Waals surface area contributed by atoms with Crippen molar-refractivity contribution < 1.29 is 23.0 Å². The van der Waals surface area contributed by atoms with E-state index in [4.69, 9.17) is 0 Å². The maximum atomic E-state index is 13.3. The van der Waals surface area contributed by atoms with Gasteiger partial charge in [-0.1, -0.05) is 24.3 Å². The van der Waals surface area contributed by atoms with E-state index in [1.807, 2.05) is 30.4 Å². The van der Waals surface area contributed by atoms with Crippen molar-refractivity contribution in [3.63, 3.8) is 0 Å². The third kappa shape index (κ3) is 2.60. The standard InChI is InChI=1S/C22H15F2N3O3/c23-22(24)29-17-5-4-14(10-18(17)30-22)21(6-7-21)20(28)27-19-9-13-8-15(12-2-1-3-12)26-16(13)11-25-19/h1-5,8-11,26H,6-7H2,(H,25,27,28). The van der Waals surface area contributed by atoms with Crippen LogP contribution in [-0.4, -0.2) is 22.2 Å². The average molecular weight is 407 g/mol. The van der Waals surface area contributed by atoms with Gasteiger partial charge in [0.1, 0.15) is 5.82 Å². The number of nitrogens with one attached hydrogen (secondary N) is 2. The number of alkyl halides is 2. The van der Waals surface area contributed by atoms with Gasteiger partial charge in [0.15, 0.2) is 11.5 Å². The third-order valence-electron chi connectivity index (χ3n) is 5.75. The van der Waals surface area contributed by atoms with Crippen molar-refractivity contribution in [1.29, 1.82) is 0 Å². The summed E-state index contributed by atoms with van der Waals surface area (Å²) in [7, 11) is 0. The summed E-state index contributed by atoms with van der Waals surface area (Å²) in [5.41, 5.74) is 2.82. The number of anilines is 1. The lowest BCUT2D eigenvalue weighted by molar-refractivity contribution is -0.286. The van der Waals surface area contributed by atoms with Crippen molar-refractivity contribution in [3.05, 3.63) is 66.0 Å². The summed E-state index contributed by atoms with van der Waals surface area (Å²) in [6.45, 7) is 0. The molecule has 6 nitrogen and oxygen atoms in total. The minimum Gasteiger partial charge on any atom is -0.395 e. The van der Waals surface area contributed by atoms with Gasteiger partial charge in [-0.2, -0.15) is 0 Å². The van der Waals surface area contributed by atoms with Crippen LogP contribution in [0.25, 0.3) is 16.5 Å². The highest BCUT2D eigenvalue weighted by Gasteiger charge is 2.52. The fourth-order valence-corrected chi connectivity index (χ4v) is 3.88. The van der Waals surface area contributed by atoms with E-state index >= 15 is 0 Å². The molecular formula is C22H15F2N3O3. The molecule has 2 N–H and O–H groups in total. The van der Waals surface area contributed by atoms with Crippen LogP contribution < -0.4 is 14.8 Å². The summed E-state index contributed by atoms with van der Waals surface area (Å²) >= 11 is 0. The van der Waals surface area contributed by atoms with Gasteiger partial charge in [-0.3, -0.25) is 4.79 Å². The molecule has 8 heteroatoms. The number of nitrogens with zero attached hydrogens (tertiary/aromatic N) is 1. The molecule has 1 aliphatic heterocycles. The first-order valence-electron chi connectivity index (χ1n) is 9.51. The van der Waals surface area contributed by atoms with Gasteiger partial charge in [0.05, 0.1) is 17.1 Å². The van der Waals surface area contributed by atoms with Crippen LogP contribution in [0.2, 0.25) is 0 Å². The molecule has 30 heavy (non-hydrogen) atoms. The second-order valence-corrected chi connectivity index (χ2v) is 7.69. The predicted octanol–water partition coefficient (Wildman–Crippen LogP) is 4.51. The maximum Gasteiger partial charge on any atom is 0.586 e. The molecule has 150 valence electrons. The Bertz CT molecular complexity index is 1290. The van der Waals surface area contributed by atoms with E-state index < -0.39 is 11.7 Å². The van der Waals surface area contributed by atoms with Gasteiger partial charge in [-0.05, 0) is 48.2 Å². The summed E-state index contributed by atoms with van der Waals surface area (Å²) in [5.74, 6) is 0.122. The van der Waals surface area contributed by atoms with Gasteiger partial charge in [0.2, 0.25) is 5.91 Å². The lowest BCUT2D eigenvalue weighted by Gasteiger charge is -2.16. The summed E-state index contributed by atoms with van der Waals surface area (Å²) in [6, 6.07) is 8.32. The SMILES string of the molecule is O=C(Nc1cc2cc(C3=CC=C3)[nH]c2cn1)C1(c2ccc3c(c2)OC(F)(F)O3)CC1. The molecule has 1 saturated carbocycles. The number of aromatic nitrogens is 2. The van der Waals surface area contributed by atoms with Gasteiger partial charge in [-0.25, -0.2) is 4.98 Å². The molecule has 0 saturated heterocycles. The van der Waals surface area contributed by atoms with E-state index in [2.05, 4.69) is 24.8 Å². The Balaban J connectivity index is 1.25. The summed E-state index contributed by atoms with van der Waals surface area (Å²) < 4.78 is 35.5. The number of ether oxygens (including phenoxy) is 2. The van der Waals surface area contributed by atoms with Crippen molar-refractivity contribution in [3.8, 4) is 11.5 Å². The normalized spacial score (nSPS) is 19.3. The van der Waals surface area contributed by atoms with E-state index in [0.717, 1.165) is 22.2 Å². The van der Waals surface area contributed by atoms with Crippen molar-refractivity contribution >= 4 is 28.2 Å². The van der Waals surface area contributed by atoms with Crippen LogP contribution in [0.1, 0.15) is 24.1 Å².